The predicted molar refractivity (Wildman–Crippen MR) is 59.4 cm³/mol. The summed E-state index contributed by atoms with van der Waals surface area (Å²) < 4.78 is 6.98. The fraction of sp³-hybridized carbons (Fsp3) is 0.300. The molecule has 2 aromatic heterocycles. The van der Waals surface area contributed by atoms with Gasteiger partial charge >= 0.3 is 0 Å². The second kappa shape index (κ2) is 4.61. The Morgan fingerprint density at radius 1 is 1.44 bits per heavy atom. The Bertz CT molecular complexity index is 468. The van der Waals surface area contributed by atoms with Gasteiger partial charge in [-0.1, -0.05) is 6.92 Å². The van der Waals surface area contributed by atoms with Crippen LogP contribution in [0, 0.1) is 0 Å². The third kappa shape index (κ3) is 2.28. The van der Waals surface area contributed by atoms with Crippen LogP contribution in [0.25, 0.3) is 5.82 Å². The molecule has 2 heterocycles. The molecule has 0 spiro atoms. The van der Waals surface area contributed by atoms with E-state index in [0.29, 0.717) is 24.0 Å². The molecule has 0 unspecified atom stereocenters. The van der Waals surface area contributed by atoms with Crippen LogP contribution in [0.15, 0.2) is 24.8 Å². The van der Waals surface area contributed by atoms with Crippen LogP contribution in [0.2, 0.25) is 0 Å². The molecule has 0 amide bonds. The highest BCUT2D eigenvalue weighted by molar-refractivity contribution is 5.35. The largest absolute Gasteiger partial charge is 0.478 e. The van der Waals surface area contributed by atoms with E-state index in [1.807, 2.05) is 6.92 Å². The molecule has 0 aromatic carbocycles. The molecule has 84 valence electrons. The summed E-state index contributed by atoms with van der Waals surface area (Å²) in [6, 6.07) is 1.72. The predicted octanol–water partition coefficient (Wildman–Crippen LogP) is 1.03. The smallest absolute Gasteiger partial charge is 0.218 e. The zero-order valence-corrected chi connectivity index (χ0v) is 9.00. The van der Waals surface area contributed by atoms with Gasteiger partial charge in [-0.25, -0.2) is 14.6 Å². The quantitative estimate of drug-likeness (QED) is 0.830. The van der Waals surface area contributed by atoms with Gasteiger partial charge < -0.3 is 10.5 Å². The molecule has 0 aliphatic carbocycles. The molecular weight excluding hydrogens is 206 g/mol. The second-order valence-electron chi connectivity index (χ2n) is 3.28. The van der Waals surface area contributed by atoms with E-state index >= 15 is 0 Å². The van der Waals surface area contributed by atoms with Crippen molar-refractivity contribution in [2.75, 3.05) is 12.3 Å². The fourth-order valence-corrected chi connectivity index (χ4v) is 1.20. The third-order valence-corrected chi connectivity index (χ3v) is 1.92. The molecule has 0 fully saturated rings. The molecule has 2 aromatic rings. The van der Waals surface area contributed by atoms with Gasteiger partial charge in [0.05, 0.1) is 24.7 Å². The minimum Gasteiger partial charge on any atom is -0.478 e. The Labute approximate surface area is 93.1 Å². The van der Waals surface area contributed by atoms with Crippen LogP contribution in [-0.2, 0) is 0 Å². The molecule has 0 saturated carbocycles. The molecule has 0 atom stereocenters. The van der Waals surface area contributed by atoms with Crippen LogP contribution in [-0.4, -0.2) is 26.4 Å². The lowest BCUT2D eigenvalue weighted by Crippen LogP contribution is -2.02. The fourth-order valence-electron chi connectivity index (χ4n) is 1.20. The van der Waals surface area contributed by atoms with Gasteiger partial charge in [-0.05, 0) is 6.42 Å². The average Bonchev–Trinajstić information content (AvgIpc) is 2.74. The van der Waals surface area contributed by atoms with Crippen LogP contribution in [0.5, 0.6) is 5.88 Å². The van der Waals surface area contributed by atoms with Crippen LogP contribution >= 0.6 is 0 Å². The van der Waals surface area contributed by atoms with Gasteiger partial charge in [0.1, 0.15) is 6.33 Å². The minimum absolute atomic E-state index is 0.543. The Hall–Kier alpha value is -2.11. The van der Waals surface area contributed by atoms with E-state index in [9.17, 15) is 0 Å². The first-order chi connectivity index (χ1) is 7.79. The van der Waals surface area contributed by atoms with Crippen molar-refractivity contribution in [1.29, 1.82) is 0 Å². The summed E-state index contributed by atoms with van der Waals surface area (Å²) in [5.41, 5.74) is 6.17. The van der Waals surface area contributed by atoms with Crippen molar-refractivity contribution >= 4 is 5.69 Å². The van der Waals surface area contributed by atoms with Crippen molar-refractivity contribution in [3.8, 4) is 11.7 Å². The summed E-state index contributed by atoms with van der Waals surface area (Å²) in [7, 11) is 0. The van der Waals surface area contributed by atoms with Gasteiger partial charge in [-0.2, -0.15) is 5.10 Å². The van der Waals surface area contributed by atoms with E-state index in [2.05, 4.69) is 15.1 Å². The number of nitrogens with zero attached hydrogens (tertiary/aromatic N) is 4. The van der Waals surface area contributed by atoms with Crippen molar-refractivity contribution in [3.63, 3.8) is 0 Å². The lowest BCUT2D eigenvalue weighted by Gasteiger charge is -2.04. The van der Waals surface area contributed by atoms with E-state index in [-0.39, 0.29) is 0 Å². The number of anilines is 1. The monoisotopic (exact) mass is 219 g/mol. The van der Waals surface area contributed by atoms with Crippen LogP contribution in [0.1, 0.15) is 13.3 Å². The van der Waals surface area contributed by atoms with Gasteiger partial charge in [-0.15, -0.1) is 0 Å². The molecule has 16 heavy (non-hydrogen) atoms. The number of rotatable bonds is 4. The van der Waals surface area contributed by atoms with E-state index in [4.69, 9.17) is 10.5 Å². The third-order valence-electron chi connectivity index (χ3n) is 1.92. The summed E-state index contributed by atoms with van der Waals surface area (Å²) in [6.07, 6.45) is 5.63. The second-order valence-corrected chi connectivity index (χ2v) is 3.28. The summed E-state index contributed by atoms with van der Waals surface area (Å²) in [5, 5.41) is 4.05. The van der Waals surface area contributed by atoms with Crippen molar-refractivity contribution in [2.45, 2.75) is 13.3 Å². The van der Waals surface area contributed by atoms with Crippen molar-refractivity contribution < 1.29 is 4.74 Å². The lowest BCUT2D eigenvalue weighted by atomic mass is 10.5. The standard InChI is InChI=1S/C10H13N5O/c1-2-3-16-10-4-9(12-7-13-10)15-6-8(11)5-14-15/h4-7H,2-3,11H2,1H3. The first-order valence-electron chi connectivity index (χ1n) is 5.05. The Balaban J connectivity index is 2.22. The van der Waals surface area contributed by atoms with E-state index < -0.39 is 0 Å². The summed E-state index contributed by atoms with van der Waals surface area (Å²) in [5.74, 6) is 1.18. The average molecular weight is 219 g/mol. The maximum Gasteiger partial charge on any atom is 0.218 e. The normalized spacial score (nSPS) is 10.3. The van der Waals surface area contributed by atoms with Gasteiger partial charge in [0, 0.05) is 6.07 Å². The topological polar surface area (TPSA) is 78.9 Å². The zero-order valence-electron chi connectivity index (χ0n) is 9.00. The van der Waals surface area contributed by atoms with Crippen molar-refractivity contribution in [1.82, 2.24) is 19.7 Å². The van der Waals surface area contributed by atoms with Gasteiger partial charge in [0.25, 0.3) is 0 Å². The number of hydrogen-bond donors (Lipinski definition) is 1. The van der Waals surface area contributed by atoms with Gasteiger partial charge in [0.15, 0.2) is 5.82 Å². The maximum absolute atomic E-state index is 5.58. The first kappa shape index (κ1) is 10.4. The van der Waals surface area contributed by atoms with E-state index in [0.717, 1.165) is 6.42 Å². The molecule has 0 bridgehead atoms. The molecular formula is C10H13N5O. The van der Waals surface area contributed by atoms with E-state index in [1.54, 1.807) is 23.1 Å². The number of ether oxygens (including phenoxy) is 1. The van der Waals surface area contributed by atoms with Crippen molar-refractivity contribution in [3.05, 3.63) is 24.8 Å². The number of aromatic nitrogens is 4. The highest BCUT2D eigenvalue weighted by atomic mass is 16.5. The Kier molecular flexibility index (Phi) is 3.00. The molecule has 2 N–H and O–H groups in total. The maximum atomic E-state index is 5.58. The minimum atomic E-state index is 0.543. The van der Waals surface area contributed by atoms with Crippen LogP contribution in [0.4, 0.5) is 5.69 Å². The molecule has 0 radical (unpaired) electrons. The number of hydrogen-bond acceptors (Lipinski definition) is 5. The highest BCUT2D eigenvalue weighted by Crippen LogP contribution is 2.11. The Morgan fingerprint density at radius 3 is 3.00 bits per heavy atom. The van der Waals surface area contributed by atoms with Crippen LogP contribution in [0.3, 0.4) is 0 Å². The number of nitrogens with two attached hydrogens (primary N) is 1. The molecule has 6 nitrogen and oxygen atoms in total. The van der Waals surface area contributed by atoms with E-state index in [1.165, 1.54) is 6.33 Å². The molecule has 0 aliphatic heterocycles. The summed E-state index contributed by atoms with van der Waals surface area (Å²) >= 11 is 0. The zero-order chi connectivity index (χ0) is 11.4. The van der Waals surface area contributed by atoms with Crippen molar-refractivity contribution in [2.24, 2.45) is 0 Å². The number of nitrogen functional groups attached to an aromatic ring is 1. The van der Waals surface area contributed by atoms with Crippen LogP contribution < -0.4 is 10.5 Å². The molecule has 0 saturated heterocycles. The molecule has 6 heteroatoms. The lowest BCUT2D eigenvalue weighted by molar-refractivity contribution is 0.304. The molecule has 0 aliphatic rings. The SMILES string of the molecule is CCCOc1cc(-n2cc(N)cn2)ncn1. The molecule has 2 rings (SSSR count). The summed E-state index contributed by atoms with van der Waals surface area (Å²) in [4.78, 5) is 8.09. The first-order valence-corrected chi connectivity index (χ1v) is 5.05. The highest BCUT2D eigenvalue weighted by Gasteiger charge is 2.02. The van der Waals surface area contributed by atoms with Gasteiger partial charge in [0.2, 0.25) is 5.88 Å². The Morgan fingerprint density at radius 2 is 2.31 bits per heavy atom. The van der Waals surface area contributed by atoms with Gasteiger partial charge in [-0.3, -0.25) is 0 Å². The summed E-state index contributed by atoms with van der Waals surface area (Å²) in [6.45, 7) is 2.67.